The van der Waals surface area contributed by atoms with E-state index in [0.29, 0.717) is 0 Å². The smallest absolute Gasteiger partial charge is 0.870 e. The third-order valence-corrected chi connectivity index (χ3v) is 0. The molecule has 4 heavy (non-hydrogen) atoms. The summed E-state index contributed by atoms with van der Waals surface area (Å²) in [5.41, 5.74) is 0. The zero-order valence-electron chi connectivity index (χ0n) is 2.86. The molecule has 1 nitrogen and oxygen atoms in total. The Bertz CT molecular complexity index is 8.00. The first-order valence-corrected chi connectivity index (χ1v) is 1.22. The summed E-state index contributed by atoms with van der Waals surface area (Å²) in [6.07, 6.45) is 1.58. The predicted octanol–water partition coefficient (Wildman–Crippen LogP) is -3.01. The molecule has 0 aromatic rings. The molecule has 0 radical (unpaired) electrons. The van der Waals surface area contributed by atoms with Crippen LogP contribution in [0.3, 0.4) is 0 Å². The van der Waals surface area contributed by atoms with E-state index >= 15 is 0 Å². The second-order valence-corrected chi connectivity index (χ2v) is 0. The van der Waals surface area contributed by atoms with Gasteiger partial charge in [-0.3, -0.25) is 0 Å². The van der Waals surface area contributed by atoms with E-state index in [1.54, 1.807) is 6.26 Å². The van der Waals surface area contributed by atoms with Gasteiger partial charge in [0.15, 0.2) is 0 Å². The van der Waals surface area contributed by atoms with Crippen LogP contribution in [-0.2, 0) is 12.6 Å². The van der Waals surface area contributed by atoms with Gasteiger partial charge in [-0.05, 0) is 0 Å². The average Bonchev–Trinajstić information content (AvgIpc) is 1.00. The van der Waals surface area contributed by atoms with Gasteiger partial charge >= 0.3 is 29.6 Å². The minimum atomic E-state index is 0. The van der Waals surface area contributed by atoms with Crippen LogP contribution in [0.25, 0.3) is 0 Å². The topological polar surface area (TPSA) is 30.0 Å². The predicted molar refractivity (Wildman–Crippen MR) is 15.2 cm³/mol. The van der Waals surface area contributed by atoms with Crippen LogP contribution in [0.1, 0.15) is 0 Å². The first-order chi connectivity index (χ1) is 1.00. The molecule has 0 saturated carbocycles. The third kappa shape index (κ3) is 10.3. The van der Waals surface area contributed by atoms with Gasteiger partial charge in [-0.1, -0.05) is 0 Å². The van der Waals surface area contributed by atoms with E-state index in [0.717, 1.165) is 0 Å². The van der Waals surface area contributed by atoms with Gasteiger partial charge in [0.25, 0.3) is 0 Å². The van der Waals surface area contributed by atoms with Crippen molar-refractivity contribution in [3.8, 4) is 0 Å². The second-order valence-electron chi connectivity index (χ2n) is 0. The number of rotatable bonds is 0. The van der Waals surface area contributed by atoms with E-state index in [-0.39, 0.29) is 35.0 Å². The molecular weight excluding hydrogens is 83.1 g/mol. The van der Waals surface area contributed by atoms with Gasteiger partial charge in [-0.25, -0.2) is 0 Å². The van der Waals surface area contributed by atoms with Crippen molar-refractivity contribution >= 4 is 12.6 Å². The Kier molecular flexibility index (Phi) is 127. The van der Waals surface area contributed by atoms with Crippen LogP contribution in [0.4, 0.5) is 0 Å². The zero-order valence-corrected chi connectivity index (χ0v) is 5.67. The Morgan fingerprint density at radius 3 is 1.25 bits per heavy atom. The monoisotopic (exact) mass is 87.0 g/mol. The van der Waals surface area contributed by atoms with Gasteiger partial charge < -0.3 is 18.1 Å². The molecule has 0 unspecified atom stereocenters. The van der Waals surface area contributed by atoms with Crippen molar-refractivity contribution in [2.75, 3.05) is 6.26 Å². The molecule has 0 aliphatic heterocycles. The minimum absolute atomic E-state index is 0. The Morgan fingerprint density at radius 2 is 1.25 bits per heavy atom. The van der Waals surface area contributed by atoms with Crippen molar-refractivity contribution < 1.29 is 35.0 Å². The molecule has 0 atom stereocenters. The first-order valence-electron chi connectivity index (χ1n) is 0.408. The fourth-order valence-corrected chi connectivity index (χ4v) is 0. The summed E-state index contributed by atoms with van der Waals surface area (Å²) in [4.78, 5) is 0. The molecule has 0 aromatic heterocycles. The maximum absolute atomic E-state index is 4.08. The molecule has 22 valence electrons. The summed E-state index contributed by atoms with van der Waals surface area (Å²) >= 11 is 4.08. The van der Waals surface area contributed by atoms with Crippen LogP contribution in [0.15, 0.2) is 0 Å². The Balaban J connectivity index is -0.00000000500. The minimum Gasteiger partial charge on any atom is -0.870 e. The summed E-state index contributed by atoms with van der Waals surface area (Å²) in [5, 5.41) is 0. The Labute approximate surface area is 53.8 Å². The molecule has 0 aromatic carbocycles. The maximum Gasteiger partial charge on any atom is 1.00 e. The summed E-state index contributed by atoms with van der Waals surface area (Å²) < 4.78 is 0. The molecule has 0 aliphatic carbocycles. The quantitative estimate of drug-likeness (QED) is 0.233. The van der Waals surface area contributed by atoms with Gasteiger partial charge in [0, 0.05) is 0 Å². The Hall–Kier alpha value is 1.31. The molecule has 0 aliphatic rings. The van der Waals surface area contributed by atoms with Crippen LogP contribution in [0.5, 0.6) is 0 Å². The summed E-state index contributed by atoms with van der Waals surface area (Å²) in [5.74, 6) is 0. The van der Waals surface area contributed by atoms with Gasteiger partial charge in [0.1, 0.15) is 0 Å². The van der Waals surface area contributed by atoms with E-state index in [9.17, 15) is 0 Å². The number of hydrogen-bond donors (Lipinski definition) is 0. The number of hydrogen-bond acceptors (Lipinski definition) is 2. The SMILES string of the molecule is C[S-].[Na+].[OH-]. The van der Waals surface area contributed by atoms with Crippen LogP contribution < -0.4 is 29.6 Å². The van der Waals surface area contributed by atoms with Crippen molar-refractivity contribution in [2.24, 2.45) is 0 Å². The van der Waals surface area contributed by atoms with Gasteiger partial charge in [-0.2, -0.15) is 6.26 Å². The summed E-state index contributed by atoms with van der Waals surface area (Å²) in [7, 11) is 0. The van der Waals surface area contributed by atoms with Crippen molar-refractivity contribution in [2.45, 2.75) is 0 Å². The summed E-state index contributed by atoms with van der Waals surface area (Å²) in [6, 6.07) is 0. The second kappa shape index (κ2) is 27.5. The van der Waals surface area contributed by atoms with Crippen molar-refractivity contribution in [3.63, 3.8) is 0 Å². The normalized spacial score (nSPS) is 1.50. The fraction of sp³-hybridized carbons (Fsp3) is 1.00. The molecule has 1 N–H and O–H groups in total. The van der Waals surface area contributed by atoms with Crippen molar-refractivity contribution in [1.29, 1.82) is 0 Å². The van der Waals surface area contributed by atoms with Crippen LogP contribution in [0, 0.1) is 0 Å². The maximum atomic E-state index is 4.08. The molecule has 0 rings (SSSR count). The summed E-state index contributed by atoms with van der Waals surface area (Å²) in [6.45, 7) is 0. The average molecular weight is 87.1 g/mol. The molecule has 0 saturated heterocycles. The van der Waals surface area contributed by atoms with Crippen LogP contribution in [-0.4, -0.2) is 11.7 Å². The largest absolute Gasteiger partial charge is 1.00 e. The van der Waals surface area contributed by atoms with Gasteiger partial charge in [-0.15, -0.1) is 0 Å². The van der Waals surface area contributed by atoms with Crippen molar-refractivity contribution in [1.82, 2.24) is 0 Å². The van der Waals surface area contributed by atoms with Gasteiger partial charge in [0.05, 0.1) is 0 Å². The molecular formula is CH4NaOS-. The van der Waals surface area contributed by atoms with Gasteiger partial charge in [0.2, 0.25) is 0 Å². The molecule has 0 fully saturated rings. The van der Waals surface area contributed by atoms with Crippen molar-refractivity contribution in [3.05, 3.63) is 0 Å². The Morgan fingerprint density at radius 1 is 1.25 bits per heavy atom. The molecule has 0 bridgehead atoms. The van der Waals surface area contributed by atoms with E-state index in [4.69, 9.17) is 0 Å². The molecule has 0 amide bonds. The molecule has 0 heterocycles. The third-order valence-electron chi connectivity index (χ3n) is 0. The molecule has 0 spiro atoms. The van der Waals surface area contributed by atoms with E-state index in [2.05, 4.69) is 12.6 Å². The van der Waals surface area contributed by atoms with E-state index in [1.807, 2.05) is 0 Å². The van der Waals surface area contributed by atoms with E-state index < -0.39 is 0 Å². The molecule has 3 heteroatoms. The van der Waals surface area contributed by atoms with E-state index in [1.165, 1.54) is 0 Å². The van der Waals surface area contributed by atoms with Crippen LogP contribution in [0.2, 0.25) is 0 Å². The van der Waals surface area contributed by atoms with Crippen LogP contribution >= 0.6 is 0 Å². The first kappa shape index (κ1) is 18.5. The zero-order chi connectivity index (χ0) is 2.00. The fourth-order valence-electron chi connectivity index (χ4n) is 0. The standard InChI is InChI=1S/CH4S.Na.H2O/c1-2;;/h2H,1H3;;1H2/q;+1;/p-2.